The van der Waals surface area contributed by atoms with E-state index in [1.807, 2.05) is 0 Å². The molecule has 0 radical (unpaired) electrons. The summed E-state index contributed by atoms with van der Waals surface area (Å²) in [5.41, 5.74) is 8.11. The number of halogens is 2. The second-order valence-corrected chi connectivity index (χ2v) is 10.4. The lowest BCUT2D eigenvalue weighted by Crippen LogP contribution is -2.67. The SMILES string of the molecule is [NH3+]CCCC[C@H]([NH3+])C(=O)NCC(=O)OCn1c(=NC(=O)c2ccc(Cl)cc2)sn(Cc2ccc(Cl)cc2)c1=O. The summed E-state index contributed by atoms with van der Waals surface area (Å²) in [6.45, 7) is 0.0813. The van der Waals surface area contributed by atoms with Gasteiger partial charge in [-0.1, -0.05) is 35.3 Å². The van der Waals surface area contributed by atoms with Crippen molar-refractivity contribution in [1.29, 1.82) is 0 Å². The van der Waals surface area contributed by atoms with Crippen molar-refractivity contribution in [1.82, 2.24) is 13.8 Å². The van der Waals surface area contributed by atoms with Crippen LogP contribution in [0.2, 0.25) is 10.0 Å². The third-order valence-corrected chi connectivity index (χ3v) is 7.06. The first kappa shape index (κ1) is 30.3. The molecule has 1 aromatic heterocycles. The summed E-state index contributed by atoms with van der Waals surface area (Å²) < 4.78 is 7.69. The highest BCUT2D eigenvalue weighted by atomic mass is 35.5. The number of unbranched alkanes of at least 4 members (excludes halogenated alkanes) is 1. The van der Waals surface area contributed by atoms with Crippen LogP contribution in [0.25, 0.3) is 0 Å². The highest BCUT2D eigenvalue weighted by molar-refractivity contribution is 7.03. The molecule has 2 amide bonds. The molecule has 0 aliphatic carbocycles. The number of hydrogen-bond donors (Lipinski definition) is 3. The second-order valence-electron chi connectivity index (χ2n) is 8.58. The molecule has 14 heteroatoms. The topological polar surface area (TPSA) is 167 Å². The quantitative estimate of drug-likeness (QED) is 0.203. The maximum absolute atomic E-state index is 13.2. The van der Waals surface area contributed by atoms with Crippen LogP contribution in [-0.2, 0) is 27.6 Å². The molecule has 0 saturated heterocycles. The number of nitrogens with one attached hydrogen (secondary N) is 1. The van der Waals surface area contributed by atoms with Crippen molar-refractivity contribution in [3.63, 3.8) is 0 Å². The van der Waals surface area contributed by atoms with E-state index in [2.05, 4.69) is 21.8 Å². The number of carbonyl (C=O) groups is 3. The lowest BCUT2D eigenvalue weighted by atomic mass is 10.1. The van der Waals surface area contributed by atoms with Crippen LogP contribution in [0.3, 0.4) is 0 Å². The minimum Gasteiger partial charge on any atom is -0.442 e. The molecule has 1 heterocycles. The molecule has 0 saturated carbocycles. The van der Waals surface area contributed by atoms with E-state index in [1.165, 1.54) is 16.1 Å². The Morgan fingerprint density at radius 1 is 1.03 bits per heavy atom. The zero-order valence-electron chi connectivity index (χ0n) is 21.1. The van der Waals surface area contributed by atoms with Crippen molar-refractivity contribution in [2.75, 3.05) is 13.1 Å². The molecule has 7 N–H and O–H groups in total. The third kappa shape index (κ3) is 9.15. The molecule has 2 aromatic carbocycles. The number of amides is 2. The van der Waals surface area contributed by atoms with Gasteiger partial charge in [0.15, 0.2) is 12.8 Å². The van der Waals surface area contributed by atoms with Crippen LogP contribution in [0.5, 0.6) is 0 Å². The summed E-state index contributed by atoms with van der Waals surface area (Å²) >= 11 is 12.8. The minimum atomic E-state index is -0.759. The molecule has 0 bridgehead atoms. The number of rotatable bonds is 12. The van der Waals surface area contributed by atoms with E-state index < -0.39 is 30.3 Å². The number of esters is 1. The summed E-state index contributed by atoms with van der Waals surface area (Å²) in [4.78, 5) is 54.6. The molecule has 1 atom stereocenters. The van der Waals surface area contributed by atoms with Gasteiger partial charge in [-0.3, -0.25) is 14.4 Å². The van der Waals surface area contributed by atoms with E-state index in [1.54, 1.807) is 36.4 Å². The van der Waals surface area contributed by atoms with Gasteiger partial charge in [-0.05, 0) is 66.3 Å². The zero-order chi connectivity index (χ0) is 28.4. The predicted molar refractivity (Wildman–Crippen MR) is 146 cm³/mol. The van der Waals surface area contributed by atoms with Crippen LogP contribution >= 0.6 is 34.7 Å². The fraction of sp³-hybridized carbons (Fsp3) is 0.320. The van der Waals surface area contributed by atoms with Crippen LogP contribution in [0, 0.1) is 0 Å². The number of nitrogens with zero attached hydrogens (tertiary/aromatic N) is 3. The van der Waals surface area contributed by atoms with Gasteiger partial charge in [0, 0.05) is 22.0 Å². The Hall–Kier alpha value is -3.29. The van der Waals surface area contributed by atoms with E-state index in [0.29, 0.717) is 16.5 Å². The largest absolute Gasteiger partial charge is 0.442 e. The molecule has 0 aliphatic rings. The Morgan fingerprint density at radius 2 is 1.67 bits per heavy atom. The lowest BCUT2D eigenvalue weighted by Gasteiger charge is -2.09. The Morgan fingerprint density at radius 3 is 2.31 bits per heavy atom. The van der Waals surface area contributed by atoms with Crippen LogP contribution < -0.4 is 27.3 Å². The summed E-state index contributed by atoms with van der Waals surface area (Å²) in [7, 11) is 0. The molecule has 3 aromatic rings. The Balaban J connectivity index is 1.76. The molecular formula is C25H30Cl2N6O5S+2. The number of benzene rings is 2. The standard InChI is InChI=1S/C25H28Cl2N6O5S/c26-18-8-4-16(5-9-18)14-33-25(37)32(24(39-33)31-22(35)17-6-10-19(27)11-7-17)15-38-21(34)13-30-23(36)20(29)3-1-2-12-28/h4-11,20H,1-3,12-15,28-29H2,(H,30,36)/p+2/t20-/m0/s1. The van der Waals surface area contributed by atoms with Crippen molar-refractivity contribution in [2.45, 2.75) is 38.6 Å². The predicted octanol–water partition coefficient (Wildman–Crippen LogP) is 0.447. The van der Waals surface area contributed by atoms with Gasteiger partial charge >= 0.3 is 11.7 Å². The van der Waals surface area contributed by atoms with Crippen LogP contribution in [0.4, 0.5) is 0 Å². The Labute approximate surface area is 238 Å². The van der Waals surface area contributed by atoms with Crippen LogP contribution in [0.15, 0.2) is 58.3 Å². The summed E-state index contributed by atoms with van der Waals surface area (Å²) in [6.07, 6.45) is 2.29. The van der Waals surface area contributed by atoms with E-state index >= 15 is 0 Å². The van der Waals surface area contributed by atoms with Gasteiger partial charge < -0.3 is 21.5 Å². The molecule has 3 rings (SSSR count). The van der Waals surface area contributed by atoms with E-state index in [-0.39, 0.29) is 29.4 Å². The van der Waals surface area contributed by atoms with Crippen molar-refractivity contribution >= 4 is 52.5 Å². The first-order valence-electron chi connectivity index (χ1n) is 12.1. The van der Waals surface area contributed by atoms with Gasteiger partial charge in [-0.15, -0.1) is 0 Å². The van der Waals surface area contributed by atoms with Gasteiger partial charge in [0.2, 0.25) is 4.80 Å². The fourth-order valence-corrected chi connectivity index (χ4v) is 4.58. The molecule has 208 valence electrons. The maximum Gasteiger partial charge on any atom is 0.342 e. The Kier molecular flexibility index (Phi) is 11.4. The monoisotopic (exact) mass is 596 g/mol. The number of hydrogen-bond acceptors (Lipinski definition) is 6. The van der Waals surface area contributed by atoms with Crippen molar-refractivity contribution in [3.8, 4) is 0 Å². The molecule has 0 unspecified atom stereocenters. The van der Waals surface area contributed by atoms with Crippen molar-refractivity contribution in [3.05, 3.63) is 85.0 Å². The summed E-state index contributed by atoms with van der Waals surface area (Å²) in [5, 5.41) is 3.51. The first-order valence-corrected chi connectivity index (χ1v) is 13.7. The highest BCUT2D eigenvalue weighted by Crippen LogP contribution is 2.12. The van der Waals surface area contributed by atoms with Gasteiger partial charge in [0.05, 0.1) is 13.1 Å². The molecule has 0 spiro atoms. The van der Waals surface area contributed by atoms with Crippen molar-refractivity contribution < 1.29 is 30.6 Å². The third-order valence-electron chi connectivity index (χ3n) is 5.58. The van der Waals surface area contributed by atoms with Crippen LogP contribution in [-0.4, -0.2) is 45.4 Å². The molecule has 0 aliphatic heterocycles. The Bertz CT molecular complexity index is 1420. The number of aromatic nitrogens is 2. The smallest absolute Gasteiger partial charge is 0.342 e. The first-order chi connectivity index (χ1) is 18.7. The van der Waals surface area contributed by atoms with E-state index in [0.717, 1.165) is 41.0 Å². The summed E-state index contributed by atoms with van der Waals surface area (Å²) in [5.74, 6) is -1.72. The fourth-order valence-electron chi connectivity index (χ4n) is 3.38. The van der Waals surface area contributed by atoms with Gasteiger partial charge in [0.1, 0.15) is 6.54 Å². The normalized spacial score (nSPS) is 12.3. The van der Waals surface area contributed by atoms with E-state index in [9.17, 15) is 19.2 Å². The average Bonchev–Trinajstić information content (AvgIpc) is 3.20. The number of quaternary nitrogens is 2. The average molecular weight is 598 g/mol. The lowest BCUT2D eigenvalue weighted by molar-refractivity contribution is -0.406. The molecule has 39 heavy (non-hydrogen) atoms. The van der Waals surface area contributed by atoms with Gasteiger partial charge in [0.25, 0.3) is 11.8 Å². The molecule has 11 nitrogen and oxygen atoms in total. The molecule has 0 fully saturated rings. The maximum atomic E-state index is 13.2. The zero-order valence-corrected chi connectivity index (χ0v) is 23.4. The highest BCUT2D eigenvalue weighted by Gasteiger charge is 2.19. The van der Waals surface area contributed by atoms with Gasteiger partial charge in [-0.25, -0.2) is 13.3 Å². The van der Waals surface area contributed by atoms with Crippen LogP contribution in [0.1, 0.15) is 35.2 Å². The van der Waals surface area contributed by atoms with Gasteiger partial charge in [-0.2, -0.15) is 4.99 Å². The number of ether oxygens (including phenoxy) is 1. The number of carbonyl (C=O) groups excluding carboxylic acids is 3. The van der Waals surface area contributed by atoms with E-state index in [4.69, 9.17) is 27.9 Å². The minimum absolute atomic E-state index is 0.0361. The summed E-state index contributed by atoms with van der Waals surface area (Å²) in [6, 6.07) is 12.6. The second kappa shape index (κ2) is 14.8. The molecular weight excluding hydrogens is 567 g/mol. The van der Waals surface area contributed by atoms with Crippen molar-refractivity contribution in [2.24, 2.45) is 4.99 Å².